The van der Waals surface area contributed by atoms with Crippen LogP contribution in [0.25, 0.3) is 0 Å². The summed E-state index contributed by atoms with van der Waals surface area (Å²) in [5, 5.41) is 0. The van der Waals surface area contributed by atoms with Crippen LogP contribution in [0.2, 0.25) is 0 Å². The van der Waals surface area contributed by atoms with E-state index >= 15 is 0 Å². The molecule has 0 heterocycles. The van der Waals surface area contributed by atoms with Crippen LogP contribution in [0.3, 0.4) is 0 Å². The highest BCUT2D eigenvalue weighted by molar-refractivity contribution is 7.89. The molecule has 1 aromatic carbocycles. The molecule has 8 heteroatoms. The summed E-state index contributed by atoms with van der Waals surface area (Å²) in [4.78, 5) is 26.1. The second kappa shape index (κ2) is 8.64. The number of ether oxygens (including phenoxy) is 1. The second-order valence-corrected chi connectivity index (χ2v) is 8.84. The molecule has 0 aliphatic heterocycles. The number of nitrogens with zero attached hydrogens (tertiary/aromatic N) is 2. The van der Waals surface area contributed by atoms with Crippen LogP contribution in [0, 0.1) is 0 Å². The Balaban J connectivity index is 1.98. The van der Waals surface area contributed by atoms with Gasteiger partial charge in [-0.2, -0.15) is 0 Å². The van der Waals surface area contributed by atoms with Gasteiger partial charge >= 0.3 is 5.97 Å². The fourth-order valence-corrected chi connectivity index (χ4v) is 3.93. The molecule has 0 N–H and O–H groups in total. The molecule has 1 aliphatic rings. The fourth-order valence-electron chi connectivity index (χ4n) is 2.98. The van der Waals surface area contributed by atoms with E-state index in [9.17, 15) is 18.0 Å². The Kier molecular flexibility index (Phi) is 6.77. The lowest BCUT2D eigenvalue weighted by Gasteiger charge is -2.31. The van der Waals surface area contributed by atoms with E-state index in [2.05, 4.69) is 0 Å². The van der Waals surface area contributed by atoms with Crippen molar-refractivity contribution in [2.24, 2.45) is 0 Å². The number of carbonyl (C=O) groups is 2. The van der Waals surface area contributed by atoms with E-state index in [1.165, 1.54) is 44.8 Å². The van der Waals surface area contributed by atoms with Gasteiger partial charge in [0.2, 0.25) is 10.0 Å². The van der Waals surface area contributed by atoms with Crippen molar-refractivity contribution in [3.05, 3.63) is 29.8 Å². The van der Waals surface area contributed by atoms with Gasteiger partial charge in [0.1, 0.15) is 0 Å². The third kappa shape index (κ3) is 4.82. The van der Waals surface area contributed by atoms with Crippen LogP contribution in [-0.2, 0) is 19.6 Å². The maximum absolute atomic E-state index is 12.2. The minimum atomic E-state index is -3.64. The van der Waals surface area contributed by atoms with Gasteiger partial charge in [0.15, 0.2) is 6.61 Å². The quantitative estimate of drug-likeness (QED) is 0.702. The molecular formula is C18H26N2O5S. The molecule has 26 heavy (non-hydrogen) atoms. The molecular weight excluding hydrogens is 356 g/mol. The monoisotopic (exact) mass is 382 g/mol. The summed E-state index contributed by atoms with van der Waals surface area (Å²) >= 11 is 0. The molecule has 2 rings (SSSR count). The Morgan fingerprint density at radius 3 is 2.38 bits per heavy atom. The zero-order valence-corrected chi connectivity index (χ0v) is 16.3. The molecule has 0 atom stereocenters. The first kappa shape index (κ1) is 20.4. The van der Waals surface area contributed by atoms with Gasteiger partial charge < -0.3 is 9.64 Å². The summed E-state index contributed by atoms with van der Waals surface area (Å²) in [6.07, 6.45) is 5.35. The second-order valence-electron chi connectivity index (χ2n) is 6.69. The van der Waals surface area contributed by atoms with Crippen LogP contribution < -0.4 is 0 Å². The summed E-state index contributed by atoms with van der Waals surface area (Å²) in [5.41, 5.74) is 0.0982. The largest absolute Gasteiger partial charge is 0.452 e. The highest BCUT2D eigenvalue weighted by atomic mass is 32.2. The van der Waals surface area contributed by atoms with E-state index in [1.807, 2.05) is 0 Å². The van der Waals surface area contributed by atoms with E-state index in [0.717, 1.165) is 30.0 Å². The molecule has 0 unspecified atom stereocenters. The topological polar surface area (TPSA) is 84.0 Å². The summed E-state index contributed by atoms with van der Waals surface area (Å²) < 4.78 is 30.5. The van der Waals surface area contributed by atoms with E-state index in [4.69, 9.17) is 4.74 Å². The molecule has 1 aromatic rings. The zero-order valence-electron chi connectivity index (χ0n) is 15.5. The number of rotatable bonds is 6. The van der Waals surface area contributed by atoms with Crippen molar-refractivity contribution in [3.8, 4) is 0 Å². The number of benzene rings is 1. The maximum atomic E-state index is 12.2. The minimum absolute atomic E-state index is 0.00241. The summed E-state index contributed by atoms with van der Waals surface area (Å²) in [6, 6.07) is 5.81. The Morgan fingerprint density at radius 2 is 1.77 bits per heavy atom. The van der Waals surface area contributed by atoms with Crippen LogP contribution in [0.1, 0.15) is 42.5 Å². The Labute approximate surface area is 155 Å². The average molecular weight is 382 g/mol. The van der Waals surface area contributed by atoms with Crippen molar-refractivity contribution in [2.45, 2.75) is 43.0 Å². The first-order chi connectivity index (χ1) is 12.2. The smallest absolute Gasteiger partial charge is 0.338 e. The highest BCUT2D eigenvalue weighted by Crippen LogP contribution is 2.21. The van der Waals surface area contributed by atoms with Gasteiger partial charge in [0, 0.05) is 27.2 Å². The predicted octanol–water partition coefficient (Wildman–Crippen LogP) is 1.88. The van der Waals surface area contributed by atoms with Crippen molar-refractivity contribution in [3.63, 3.8) is 0 Å². The standard InChI is InChI=1S/C18H26N2O5S/c1-19(2)26(23,24)16-11-7-8-14(12-16)18(22)25-13-17(21)20(3)15-9-5-4-6-10-15/h7-8,11-12,15H,4-6,9-10,13H2,1-3H3. The highest BCUT2D eigenvalue weighted by Gasteiger charge is 2.23. The molecule has 0 bridgehead atoms. The van der Waals surface area contributed by atoms with Crippen molar-refractivity contribution in [1.29, 1.82) is 0 Å². The average Bonchev–Trinajstić information content (AvgIpc) is 2.65. The molecule has 0 saturated heterocycles. The van der Waals surface area contributed by atoms with Crippen LogP contribution in [-0.4, -0.2) is 63.3 Å². The molecule has 0 radical (unpaired) electrons. The number of carbonyl (C=O) groups excluding carboxylic acids is 2. The molecule has 1 aliphatic carbocycles. The number of amides is 1. The third-order valence-corrected chi connectivity index (χ3v) is 6.50. The molecule has 144 valence electrons. The van der Waals surface area contributed by atoms with Gasteiger partial charge in [-0.15, -0.1) is 0 Å². The lowest BCUT2D eigenvalue weighted by molar-refractivity contribution is -0.135. The van der Waals surface area contributed by atoms with E-state index in [1.54, 1.807) is 11.9 Å². The van der Waals surface area contributed by atoms with E-state index in [-0.39, 0.29) is 29.0 Å². The van der Waals surface area contributed by atoms with E-state index < -0.39 is 16.0 Å². The molecule has 7 nitrogen and oxygen atoms in total. The Morgan fingerprint density at radius 1 is 1.12 bits per heavy atom. The number of esters is 1. The van der Waals surface area contributed by atoms with E-state index in [0.29, 0.717) is 0 Å². The van der Waals surface area contributed by atoms with Gasteiger partial charge in [-0.05, 0) is 31.0 Å². The number of hydrogen-bond acceptors (Lipinski definition) is 5. The first-order valence-corrected chi connectivity index (χ1v) is 10.1. The van der Waals surface area contributed by atoms with Gasteiger partial charge in [-0.25, -0.2) is 17.5 Å². The molecule has 1 saturated carbocycles. The summed E-state index contributed by atoms with van der Waals surface area (Å²) in [5.74, 6) is -0.964. The normalized spacial score (nSPS) is 15.7. The number of sulfonamides is 1. The summed E-state index contributed by atoms with van der Waals surface area (Å²) in [7, 11) is 0.924. The number of hydrogen-bond donors (Lipinski definition) is 0. The third-order valence-electron chi connectivity index (χ3n) is 4.69. The lowest BCUT2D eigenvalue weighted by Crippen LogP contribution is -2.40. The van der Waals surface area contributed by atoms with Gasteiger partial charge in [0.25, 0.3) is 5.91 Å². The van der Waals surface area contributed by atoms with Gasteiger partial charge in [0.05, 0.1) is 10.5 Å². The first-order valence-electron chi connectivity index (χ1n) is 8.69. The maximum Gasteiger partial charge on any atom is 0.338 e. The van der Waals surface area contributed by atoms with Crippen molar-refractivity contribution >= 4 is 21.9 Å². The molecule has 0 spiro atoms. The van der Waals surface area contributed by atoms with Gasteiger partial charge in [-0.1, -0.05) is 25.3 Å². The lowest BCUT2D eigenvalue weighted by atomic mass is 9.94. The molecule has 1 amide bonds. The van der Waals surface area contributed by atoms with Crippen LogP contribution >= 0.6 is 0 Å². The zero-order chi connectivity index (χ0) is 19.3. The summed E-state index contributed by atoms with van der Waals surface area (Å²) in [6.45, 7) is -0.351. The van der Waals surface area contributed by atoms with Gasteiger partial charge in [-0.3, -0.25) is 4.79 Å². The Hall–Kier alpha value is -1.93. The van der Waals surface area contributed by atoms with Crippen LogP contribution in [0.4, 0.5) is 0 Å². The van der Waals surface area contributed by atoms with Crippen LogP contribution in [0.5, 0.6) is 0 Å². The predicted molar refractivity (Wildman–Crippen MR) is 97.2 cm³/mol. The Bertz CT molecular complexity index is 755. The minimum Gasteiger partial charge on any atom is -0.452 e. The SMILES string of the molecule is CN(C(=O)COC(=O)c1cccc(S(=O)(=O)N(C)C)c1)C1CCCCC1. The van der Waals surface area contributed by atoms with Crippen molar-refractivity contribution in [2.75, 3.05) is 27.7 Å². The molecule has 0 aromatic heterocycles. The number of likely N-dealkylation sites (N-methyl/N-ethyl adjacent to an activating group) is 1. The van der Waals surface area contributed by atoms with Crippen molar-refractivity contribution < 1.29 is 22.7 Å². The van der Waals surface area contributed by atoms with Crippen molar-refractivity contribution in [1.82, 2.24) is 9.21 Å². The van der Waals surface area contributed by atoms with Crippen LogP contribution in [0.15, 0.2) is 29.2 Å². The molecule has 1 fully saturated rings. The fraction of sp³-hybridized carbons (Fsp3) is 0.556.